The molecule has 0 aliphatic carbocycles. The van der Waals surface area contributed by atoms with E-state index in [0.29, 0.717) is 0 Å². The molecule has 3 aromatic carbocycles. The van der Waals surface area contributed by atoms with Crippen LogP contribution >= 0.6 is 0 Å². The largest absolute Gasteiger partial charge is 0.467 e. The van der Waals surface area contributed by atoms with Gasteiger partial charge in [-0.25, -0.2) is 0 Å². The van der Waals surface area contributed by atoms with Gasteiger partial charge in [0.05, 0.1) is 24.9 Å². The Kier molecular flexibility index (Phi) is 5.73. The lowest BCUT2D eigenvalue weighted by Crippen LogP contribution is -2.37. The van der Waals surface area contributed by atoms with Gasteiger partial charge in [0.1, 0.15) is 5.76 Å². The van der Waals surface area contributed by atoms with Crippen molar-refractivity contribution in [2.24, 2.45) is 0 Å². The predicted molar refractivity (Wildman–Crippen MR) is 116 cm³/mol. The molecule has 2 atom stereocenters. The van der Waals surface area contributed by atoms with E-state index in [1.54, 1.807) is 6.26 Å². The molecule has 1 aromatic heterocycles. The summed E-state index contributed by atoms with van der Waals surface area (Å²) in [4.78, 5) is 12.6. The summed E-state index contributed by atoms with van der Waals surface area (Å²) >= 11 is 0. The maximum absolute atomic E-state index is 12.6. The third-order valence-electron chi connectivity index (χ3n) is 5.08. The smallest absolute Gasteiger partial charge is 0.234 e. The van der Waals surface area contributed by atoms with Crippen LogP contribution < -0.4 is 10.6 Å². The number of benzene rings is 3. The molecule has 1 heterocycles. The number of amides is 1. The van der Waals surface area contributed by atoms with Crippen LogP contribution in [0.4, 0.5) is 0 Å². The fourth-order valence-electron chi connectivity index (χ4n) is 3.53. The molecule has 0 spiro atoms. The van der Waals surface area contributed by atoms with Gasteiger partial charge in [0.25, 0.3) is 0 Å². The van der Waals surface area contributed by atoms with Crippen LogP contribution in [-0.2, 0) is 4.79 Å². The van der Waals surface area contributed by atoms with Crippen molar-refractivity contribution in [1.29, 1.82) is 0 Å². The lowest BCUT2D eigenvalue weighted by Gasteiger charge is -2.19. The molecule has 1 amide bonds. The zero-order chi connectivity index (χ0) is 20.1. The maximum atomic E-state index is 12.6. The first kappa shape index (κ1) is 19.0. The first-order chi connectivity index (χ1) is 14.2. The molecule has 29 heavy (non-hydrogen) atoms. The highest BCUT2D eigenvalue weighted by atomic mass is 16.3. The predicted octanol–water partition coefficient (Wildman–Crippen LogP) is 4.99. The van der Waals surface area contributed by atoms with Crippen LogP contribution in [0.25, 0.3) is 10.8 Å². The molecule has 4 nitrogen and oxygen atoms in total. The Morgan fingerprint density at radius 3 is 2.38 bits per heavy atom. The average molecular weight is 384 g/mol. The number of fused-ring (bicyclic) bond motifs is 1. The van der Waals surface area contributed by atoms with Crippen molar-refractivity contribution in [3.05, 3.63) is 108 Å². The van der Waals surface area contributed by atoms with Crippen LogP contribution in [0, 0.1) is 0 Å². The Hall–Kier alpha value is -3.37. The summed E-state index contributed by atoms with van der Waals surface area (Å²) in [6.07, 6.45) is 1.65. The molecule has 4 heteroatoms. The average Bonchev–Trinajstić information content (AvgIpc) is 3.29. The summed E-state index contributed by atoms with van der Waals surface area (Å²) in [6.45, 7) is 2.20. The van der Waals surface area contributed by atoms with Crippen molar-refractivity contribution < 1.29 is 9.21 Å². The standard InChI is InChI=1S/C25H24N2O2/c1-18(21-14-13-19-8-5-6-11-22(19)16-21)27-24(28)17-26-25(23-12-7-15-29-23)20-9-3-2-4-10-20/h2-16,18,25-26H,17H2,1H3,(H,27,28)/t18-,25+/m1/s1. The van der Waals surface area contributed by atoms with Gasteiger partial charge in [0.15, 0.2) is 0 Å². The molecule has 4 aromatic rings. The first-order valence-corrected chi connectivity index (χ1v) is 9.80. The van der Waals surface area contributed by atoms with Crippen LogP contribution in [0.3, 0.4) is 0 Å². The van der Waals surface area contributed by atoms with E-state index in [1.165, 1.54) is 10.8 Å². The van der Waals surface area contributed by atoms with Gasteiger partial charge in [-0.1, -0.05) is 66.7 Å². The van der Waals surface area contributed by atoms with Crippen molar-refractivity contribution in [2.45, 2.75) is 19.0 Å². The summed E-state index contributed by atoms with van der Waals surface area (Å²) in [5, 5.41) is 8.77. The monoisotopic (exact) mass is 384 g/mol. The number of nitrogens with one attached hydrogen (secondary N) is 2. The maximum Gasteiger partial charge on any atom is 0.234 e. The van der Waals surface area contributed by atoms with Gasteiger partial charge < -0.3 is 9.73 Å². The van der Waals surface area contributed by atoms with E-state index in [9.17, 15) is 4.79 Å². The summed E-state index contributed by atoms with van der Waals surface area (Å²) < 4.78 is 5.58. The number of furan rings is 1. The van der Waals surface area contributed by atoms with E-state index in [0.717, 1.165) is 16.9 Å². The van der Waals surface area contributed by atoms with Gasteiger partial charge in [0.2, 0.25) is 5.91 Å². The van der Waals surface area contributed by atoms with Crippen LogP contribution in [0.15, 0.2) is 95.6 Å². The zero-order valence-electron chi connectivity index (χ0n) is 16.3. The molecule has 0 saturated carbocycles. The topological polar surface area (TPSA) is 54.3 Å². The van der Waals surface area contributed by atoms with E-state index in [1.807, 2.05) is 61.5 Å². The van der Waals surface area contributed by atoms with E-state index in [-0.39, 0.29) is 24.5 Å². The van der Waals surface area contributed by atoms with E-state index in [2.05, 4.69) is 41.0 Å². The molecular formula is C25H24N2O2. The second kappa shape index (κ2) is 8.76. The van der Waals surface area contributed by atoms with Gasteiger partial charge in [0, 0.05) is 0 Å². The molecule has 0 aliphatic heterocycles. The molecular weight excluding hydrogens is 360 g/mol. The highest BCUT2D eigenvalue weighted by Gasteiger charge is 2.18. The van der Waals surface area contributed by atoms with Crippen LogP contribution in [0.2, 0.25) is 0 Å². The number of hydrogen-bond donors (Lipinski definition) is 2. The first-order valence-electron chi connectivity index (χ1n) is 9.80. The quantitative estimate of drug-likeness (QED) is 0.472. The number of carbonyl (C=O) groups is 1. The fourth-order valence-corrected chi connectivity index (χ4v) is 3.53. The Morgan fingerprint density at radius 2 is 1.62 bits per heavy atom. The zero-order valence-corrected chi connectivity index (χ0v) is 16.3. The van der Waals surface area contributed by atoms with Crippen molar-refractivity contribution in [1.82, 2.24) is 10.6 Å². The number of rotatable bonds is 7. The number of carbonyl (C=O) groups excluding carboxylic acids is 1. The molecule has 0 aliphatic rings. The molecule has 2 N–H and O–H groups in total. The summed E-state index contributed by atoms with van der Waals surface area (Å²) in [5.41, 5.74) is 2.14. The molecule has 4 rings (SSSR count). The third kappa shape index (κ3) is 4.55. The summed E-state index contributed by atoms with van der Waals surface area (Å²) in [5.74, 6) is 0.727. The highest BCUT2D eigenvalue weighted by Crippen LogP contribution is 2.22. The lowest BCUT2D eigenvalue weighted by atomic mass is 10.0. The highest BCUT2D eigenvalue weighted by molar-refractivity contribution is 5.83. The Balaban J connectivity index is 1.41. The van der Waals surface area contributed by atoms with Gasteiger partial charge in [-0.2, -0.15) is 0 Å². The minimum atomic E-state index is -0.173. The lowest BCUT2D eigenvalue weighted by molar-refractivity contribution is -0.121. The molecule has 0 radical (unpaired) electrons. The van der Waals surface area contributed by atoms with Crippen molar-refractivity contribution >= 4 is 16.7 Å². The normalized spacial score (nSPS) is 13.1. The molecule has 0 bridgehead atoms. The van der Waals surface area contributed by atoms with E-state index < -0.39 is 0 Å². The minimum absolute atomic E-state index is 0.0573. The second-order valence-electron chi connectivity index (χ2n) is 7.14. The van der Waals surface area contributed by atoms with E-state index >= 15 is 0 Å². The van der Waals surface area contributed by atoms with Crippen molar-refractivity contribution in [3.8, 4) is 0 Å². The van der Waals surface area contributed by atoms with Crippen molar-refractivity contribution in [2.75, 3.05) is 6.54 Å². The molecule has 146 valence electrons. The van der Waals surface area contributed by atoms with Gasteiger partial charge in [-0.3, -0.25) is 10.1 Å². The Bertz CT molecular complexity index is 1070. The van der Waals surface area contributed by atoms with Gasteiger partial charge in [-0.05, 0) is 47.0 Å². The molecule has 0 unspecified atom stereocenters. The molecule has 0 saturated heterocycles. The van der Waals surface area contributed by atoms with Crippen LogP contribution in [-0.4, -0.2) is 12.5 Å². The second-order valence-corrected chi connectivity index (χ2v) is 7.14. The third-order valence-corrected chi connectivity index (χ3v) is 5.08. The summed E-state index contributed by atoms with van der Waals surface area (Å²) in [6, 6.07) is 28.0. The Morgan fingerprint density at radius 1 is 0.862 bits per heavy atom. The van der Waals surface area contributed by atoms with Gasteiger partial charge >= 0.3 is 0 Å². The SMILES string of the molecule is C[C@@H](NC(=O)CN[C@@H](c1ccccc1)c1ccco1)c1ccc2ccccc2c1. The fraction of sp³-hybridized carbons (Fsp3) is 0.160. The van der Waals surface area contributed by atoms with Crippen LogP contribution in [0.1, 0.15) is 35.9 Å². The number of hydrogen-bond acceptors (Lipinski definition) is 3. The Labute approximate surface area is 170 Å². The molecule has 0 fully saturated rings. The van der Waals surface area contributed by atoms with Crippen molar-refractivity contribution in [3.63, 3.8) is 0 Å². The van der Waals surface area contributed by atoms with Gasteiger partial charge in [-0.15, -0.1) is 0 Å². The summed E-state index contributed by atoms with van der Waals surface area (Å²) in [7, 11) is 0. The van der Waals surface area contributed by atoms with Crippen LogP contribution in [0.5, 0.6) is 0 Å². The minimum Gasteiger partial charge on any atom is -0.467 e. The van der Waals surface area contributed by atoms with E-state index in [4.69, 9.17) is 4.42 Å².